The van der Waals surface area contributed by atoms with Crippen molar-refractivity contribution in [2.75, 3.05) is 70.8 Å². The molecule has 0 aliphatic heterocycles. The number of hydrogen-bond acceptors (Lipinski definition) is 12. The Morgan fingerprint density at radius 1 is 0.500 bits per heavy atom. The lowest BCUT2D eigenvalue weighted by atomic mass is 10.1. The number of esters is 3. The molecular formula is C40H77NO9S2. The molecule has 0 radical (unpaired) electrons. The maximum Gasteiger partial charge on any atom is 0.307 e. The van der Waals surface area contributed by atoms with Crippen LogP contribution in [0.5, 0.6) is 0 Å². The summed E-state index contributed by atoms with van der Waals surface area (Å²) in [5.74, 6) is 0.905. The minimum atomic E-state index is -0.423. The molecule has 0 aromatic rings. The molecule has 0 aliphatic carbocycles. The van der Waals surface area contributed by atoms with Gasteiger partial charge < -0.3 is 33.7 Å². The number of rotatable bonds is 41. The number of carbonyl (C=O) groups excluding carboxylic acids is 3. The molecule has 0 unspecified atom stereocenters. The number of hydrogen-bond donors (Lipinski definition) is 1. The van der Waals surface area contributed by atoms with Crippen LogP contribution >= 0.6 is 21.6 Å². The van der Waals surface area contributed by atoms with Gasteiger partial charge in [0.2, 0.25) is 0 Å². The van der Waals surface area contributed by atoms with E-state index in [2.05, 4.69) is 20.8 Å². The molecule has 10 nitrogen and oxygen atoms in total. The number of carbonyl (C=O) groups is 3. The van der Waals surface area contributed by atoms with Crippen molar-refractivity contribution in [1.29, 1.82) is 0 Å². The maximum atomic E-state index is 12.4. The maximum absolute atomic E-state index is 12.4. The van der Waals surface area contributed by atoms with Gasteiger partial charge in [-0.25, -0.2) is 0 Å². The van der Waals surface area contributed by atoms with Crippen molar-refractivity contribution in [2.45, 2.75) is 168 Å². The average molecular weight is 780 g/mol. The molecule has 52 heavy (non-hydrogen) atoms. The van der Waals surface area contributed by atoms with Crippen LogP contribution < -0.4 is 0 Å². The molecule has 0 heterocycles. The van der Waals surface area contributed by atoms with Crippen LogP contribution in [0.25, 0.3) is 0 Å². The van der Waals surface area contributed by atoms with E-state index in [9.17, 15) is 19.5 Å². The first-order valence-corrected chi connectivity index (χ1v) is 23.2. The highest BCUT2D eigenvalue weighted by molar-refractivity contribution is 8.76. The Balaban J connectivity index is 4.19. The molecular weight excluding hydrogens is 703 g/mol. The van der Waals surface area contributed by atoms with Crippen molar-refractivity contribution in [2.24, 2.45) is 0 Å². The predicted octanol–water partition coefficient (Wildman–Crippen LogP) is 9.29. The third kappa shape index (κ3) is 37.3. The van der Waals surface area contributed by atoms with Gasteiger partial charge in [-0.2, -0.15) is 0 Å². The number of aliphatic hydroxyl groups is 1. The van der Waals surface area contributed by atoms with Crippen LogP contribution in [-0.2, 0) is 38.1 Å². The SMILES string of the molecule is CCCCCCCCCCSSCCOC(=O)CCN(CCCCO)CCC(=O)OCCOC(=O)CCC(OCCCCCC)OCCCCCC. The lowest BCUT2D eigenvalue weighted by Gasteiger charge is -2.21. The Hall–Kier alpha value is -1.05. The summed E-state index contributed by atoms with van der Waals surface area (Å²) < 4.78 is 27.8. The Kier molecular flexibility index (Phi) is 40.3. The summed E-state index contributed by atoms with van der Waals surface area (Å²) in [6, 6.07) is 0. The molecule has 0 fully saturated rings. The lowest BCUT2D eigenvalue weighted by Crippen LogP contribution is -2.31. The van der Waals surface area contributed by atoms with E-state index in [1.807, 2.05) is 15.7 Å². The minimum Gasteiger partial charge on any atom is -0.465 e. The predicted molar refractivity (Wildman–Crippen MR) is 216 cm³/mol. The molecule has 0 aromatic heterocycles. The molecule has 0 aromatic carbocycles. The van der Waals surface area contributed by atoms with E-state index < -0.39 is 6.29 Å². The average Bonchev–Trinajstić information content (AvgIpc) is 3.14. The number of nitrogens with zero attached hydrogens (tertiary/aromatic N) is 1. The largest absolute Gasteiger partial charge is 0.465 e. The zero-order valence-corrected chi connectivity index (χ0v) is 35.0. The Morgan fingerprint density at radius 2 is 0.962 bits per heavy atom. The molecule has 0 spiro atoms. The standard InChI is InChI=1S/C40H77NO9S2/c1-4-7-10-13-14-15-16-21-35-51-52-36-34-48-39(45)25-28-41(26-17-18-29-42)27-24-38(44)47-33-32-46-37(43)22-23-40(49-30-19-11-8-5-2)50-31-20-12-9-6-3/h40,42H,4-36H2,1-3H3. The van der Waals surface area contributed by atoms with Gasteiger partial charge in [0.25, 0.3) is 0 Å². The first kappa shape index (κ1) is 51.0. The fraction of sp³-hybridized carbons (Fsp3) is 0.925. The van der Waals surface area contributed by atoms with E-state index in [-0.39, 0.29) is 57.0 Å². The van der Waals surface area contributed by atoms with Gasteiger partial charge in [0, 0.05) is 50.8 Å². The van der Waals surface area contributed by atoms with E-state index >= 15 is 0 Å². The first-order chi connectivity index (χ1) is 25.5. The van der Waals surface area contributed by atoms with E-state index in [0.717, 1.165) is 43.6 Å². The van der Waals surface area contributed by atoms with E-state index in [1.54, 1.807) is 10.8 Å². The van der Waals surface area contributed by atoms with E-state index in [4.69, 9.17) is 23.7 Å². The van der Waals surface area contributed by atoms with Crippen molar-refractivity contribution in [3.63, 3.8) is 0 Å². The quantitative estimate of drug-likeness (QED) is 0.0209. The smallest absolute Gasteiger partial charge is 0.307 e. The zero-order valence-electron chi connectivity index (χ0n) is 33.4. The molecule has 0 aliphatic rings. The van der Waals surface area contributed by atoms with Gasteiger partial charge in [-0.05, 0) is 38.6 Å². The van der Waals surface area contributed by atoms with Crippen LogP contribution in [0.1, 0.15) is 162 Å². The van der Waals surface area contributed by atoms with E-state index in [1.165, 1.54) is 77.0 Å². The minimum absolute atomic E-state index is 0.00691. The summed E-state index contributed by atoms with van der Waals surface area (Å²) in [6.07, 6.45) is 21.5. The molecule has 308 valence electrons. The van der Waals surface area contributed by atoms with Crippen LogP contribution in [0, 0.1) is 0 Å². The van der Waals surface area contributed by atoms with E-state index in [0.29, 0.717) is 52.3 Å². The van der Waals surface area contributed by atoms with Gasteiger partial charge in [0.15, 0.2) is 6.29 Å². The van der Waals surface area contributed by atoms with Gasteiger partial charge >= 0.3 is 17.9 Å². The monoisotopic (exact) mass is 780 g/mol. The molecule has 12 heteroatoms. The van der Waals surface area contributed by atoms with Crippen LogP contribution in [0.3, 0.4) is 0 Å². The summed E-state index contributed by atoms with van der Waals surface area (Å²) in [7, 11) is 3.61. The van der Waals surface area contributed by atoms with Crippen molar-refractivity contribution in [3.8, 4) is 0 Å². The second kappa shape index (κ2) is 41.1. The molecule has 0 rings (SSSR count). The summed E-state index contributed by atoms with van der Waals surface area (Å²) in [5, 5.41) is 9.19. The van der Waals surface area contributed by atoms with Crippen LogP contribution in [0.2, 0.25) is 0 Å². The molecule has 0 atom stereocenters. The topological polar surface area (TPSA) is 121 Å². The normalized spacial score (nSPS) is 11.4. The third-order valence-corrected chi connectivity index (χ3v) is 11.0. The van der Waals surface area contributed by atoms with Crippen molar-refractivity contribution in [3.05, 3.63) is 0 Å². The first-order valence-electron chi connectivity index (χ1n) is 20.7. The van der Waals surface area contributed by atoms with Gasteiger partial charge in [0.05, 0.1) is 19.3 Å². The summed E-state index contributed by atoms with van der Waals surface area (Å²) >= 11 is 0. The highest BCUT2D eigenvalue weighted by Gasteiger charge is 2.15. The van der Waals surface area contributed by atoms with Crippen LogP contribution in [-0.4, -0.2) is 105 Å². The number of unbranched alkanes of at least 4 members (excludes halogenated alkanes) is 14. The fourth-order valence-corrected chi connectivity index (χ4v) is 7.32. The highest BCUT2D eigenvalue weighted by atomic mass is 33.1. The molecule has 0 bridgehead atoms. The third-order valence-electron chi connectivity index (χ3n) is 8.54. The van der Waals surface area contributed by atoms with Gasteiger partial charge in [-0.15, -0.1) is 0 Å². The van der Waals surface area contributed by atoms with Crippen molar-refractivity contribution < 1.29 is 43.2 Å². The Labute approximate surface area is 325 Å². The van der Waals surface area contributed by atoms with Gasteiger partial charge in [0.1, 0.15) is 19.8 Å². The summed E-state index contributed by atoms with van der Waals surface area (Å²) in [6.45, 7) is 9.88. The number of ether oxygens (including phenoxy) is 5. The van der Waals surface area contributed by atoms with Crippen LogP contribution in [0.15, 0.2) is 0 Å². The van der Waals surface area contributed by atoms with Gasteiger partial charge in [-0.3, -0.25) is 14.4 Å². The fourth-order valence-electron chi connectivity index (χ4n) is 5.35. The molecule has 0 saturated carbocycles. The Morgan fingerprint density at radius 3 is 1.50 bits per heavy atom. The second-order valence-corrected chi connectivity index (χ2v) is 16.1. The zero-order chi connectivity index (χ0) is 38.2. The molecule has 1 N–H and O–H groups in total. The summed E-state index contributed by atoms with van der Waals surface area (Å²) in [5.41, 5.74) is 0. The molecule has 0 saturated heterocycles. The van der Waals surface area contributed by atoms with Gasteiger partial charge in [-0.1, -0.05) is 126 Å². The highest BCUT2D eigenvalue weighted by Crippen LogP contribution is 2.23. The molecule has 0 amide bonds. The number of aliphatic hydroxyl groups excluding tert-OH is 1. The second-order valence-electron chi connectivity index (χ2n) is 13.4. The summed E-state index contributed by atoms with van der Waals surface area (Å²) in [4.78, 5) is 39.1. The van der Waals surface area contributed by atoms with Crippen molar-refractivity contribution >= 4 is 39.5 Å². The Bertz CT molecular complexity index is 795. The van der Waals surface area contributed by atoms with Crippen molar-refractivity contribution in [1.82, 2.24) is 4.90 Å². The lowest BCUT2D eigenvalue weighted by molar-refractivity contribution is -0.161. The van der Waals surface area contributed by atoms with Crippen LogP contribution in [0.4, 0.5) is 0 Å².